The van der Waals surface area contributed by atoms with Crippen molar-refractivity contribution in [2.75, 3.05) is 5.32 Å². The average Bonchev–Trinajstić information content (AvgIpc) is 2.80. The minimum atomic E-state index is -4.84. The number of rotatable bonds is 2. The molecule has 10 heteroatoms. The molecule has 122 valence electrons. The number of nitrogens with one attached hydrogen (secondary N) is 2. The number of imide groups is 1. The van der Waals surface area contributed by atoms with E-state index in [0.29, 0.717) is 0 Å². The monoisotopic (exact) mass is 330 g/mol. The van der Waals surface area contributed by atoms with Crippen molar-refractivity contribution in [1.82, 2.24) is 15.1 Å². The van der Waals surface area contributed by atoms with E-state index in [-0.39, 0.29) is 5.69 Å². The molecule has 0 saturated carbocycles. The van der Waals surface area contributed by atoms with Gasteiger partial charge in [-0.25, -0.2) is 9.18 Å². The number of nitrogens with zero attached hydrogens (tertiary/aromatic N) is 2. The van der Waals surface area contributed by atoms with Gasteiger partial charge in [0.25, 0.3) is 5.91 Å². The van der Waals surface area contributed by atoms with Crippen LogP contribution in [0.3, 0.4) is 0 Å². The highest BCUT2D eigenvalue weighted by Crippen LogP contribution is 2.30. The molecule has 1 heterocycles. The van der Waals surface area contributed by atoms with E-state index in [4.69, 9.17) is 0 Å². The Hall–Kier alpha value is -2.91. The molecule has 1 aromatic heterocycles. The molecule has 2 aromatic rings. The molecule has 0 unspecified atom stereocenters. The van der Waals surface area contributed by atoms with Gasteiger partial charge in [0.1, 0.15) is 5.82 Å². The topological polar surface area (TPSA) is 76.0 Å². The normalized spacial score (nSPS) is 11.2. The van der Waals surface area contributed by atoms with Crippen LogP contribution in [0.4, 0.5) is 28.0 Å². The molecule has 23 heavy (non-hydrogen) atoms. The summed E-state index contributed by atoms with van der Waals surface area (Å²) in [6.07, 6.45) is -4.00. The third kappa shape index (κ3) is 4.05. The van der Waals surface area contributed by atoms with Crippen LogP contribution in [0.5, 0.6) is 0 Å². The fraction of sp³-hybridized carbons (Fsp3) is 0.154. The molecule has 0 radical (unpaired) electrons. The number of halogens is 4. The lowest BCUT2D eigenvalue weighted by atomic mass is 10.2. The van der Waals surface area contributed by atoms with Crippen molar-refractivity contribution < 1.29 is 27.2 Å². The van der Waals surface area contributed by atoms with Gasteiger partial charge in [-0.15, -0.1) is 0 Å². The van der Waals surface area contributed by atoms with E-state index in [9.17, 15) is 27.2 Å². The van der Waals surface area contributed by atoms with Gasteiger partial charge in [0.2, 0.25) is 0 Å². The van der Waals surface area contributed by atoms with E-state index in [0.717, 1.165) is 23.0 Å². The SMILES string of the molecule is Cn1cc(C(=O)NC(=O)Nc2cccc(F)c2)c(C(F)(F)F)n1. The lowest BCUT2D eigenvalue weighted by molar-refractivity contribution is -0.141. The molecule has 1 aromatic carbocycles. The summed E-state index contributed by atoms with van der Waals surface area (Å²) in [6.45, 7) is 0. The summed E-state index contributed by atoms with van der Waals surface area (Å²) in [5.74, 6) is -1.90. The van der Waals surface area contributed by atoms with E-state index in [2.05, 4.69) is 10.4 Å². The molecule has 0 spiro atoms. The molecular formula is C13H10F4N4O2. The summed E-state index contributed by atoms with van der Waals surface area (Å²) < 4.78 is 52.0. The van der Waals surface area contributed by atoms with Crippen LogP contribution in [0.25, 0.3) is 0 Å². The Bertz CT molecular complexity index is 755. The number of aryl methyl sites for hydroxylation is 1. The standard InChI is InChI=1S/C13H10F4N4O2/c1-21-6-9(10(20-21)13(15,16)17)11(22)19-12(23)18-8-4-2-3-7(14)5-8/h2-6H,1H3,(H2,18,19,22,23). The molecule has 2 rings (SSSR count). The molecule has 0 saturated heterocycles. The Kier molecular flexibility index (Phi) is 4.34. The maximum Gasteiger partial charge on any atom is 0.435 e. The summed E-state index contributed by atoms with van der Waals surface area (Å²) in [7, 11) is 1.21. The fourth-order valence-corrected chi connectivity index (χ4v) is 1.76. The van der Waals surface area contributed by atoms with Gasteiger partial charge < -0.3 is 5.32 Å². The van der Waals surface area contributed by atoms with Crippen molar-refractivity contribution in [2.45, 2.75) is 6.18 Å². The fourth-order valence-electron chi connectivity index (χ4n) is 1.76. The summed E-state index contributed by atoms with van der Waals surface area (Å²) in [5.41, 5.74) is -2.16. The second kappa shape index (κ2) is 6.07. The van der Waals surface area contributed by atoms with Crippen LogP contribution in [0.2, 0.25) is 0 Å². The highest BCUT2D eigenvalue weighted by Gasteiger charge is 2.39. The van der Waals surface area contributed by atoms with E-state index >= 15 is 0 Å². The van der Waals surface area contributed by atoms with Crippen molar-refractivity contribution in [3.8, 4) is 0 Å². The molecule has 0 aliphatic carbocycles. The number of alkyl halides is 3. The zero-order chi connectivity index (χ0) is 17.2. The molecule has 0 atom stereocenters. The van der Waals surface area contributed by atoms with Crippen molar-refractivity contribution in [3.63, 3.8) is 0 Å². The summed E-state index contributed by atoms with van der Waals surface area (Å²) >= 11 is 0. The first-order valence-corrected chi connectivity index (χ1v) is 6.15. The van der Waals surface area contributed by atoms with Gasteiger partial charge in [-0.3, -0.25) is 14.8 Å². The first-order valence-electron chi connectivity index (χ1n) is 6.15. The van der Waals surface area contributed by atoms with E-state index in [1.165, 1.54) is 19.2 Å². The van der Waals surface area contributed by atoms with Crippen LogP contribution in [0.1, 0.15) is 16.1 Å². The number of carbonyl (C=O) groups excluding carboxylic acids is 2. The number of carbonyl (C=O) groups is 2. The van der Waals surface area contributed by atoms with Crippen molar-refractivity contribution in [2.24, 2.45) is 7.05 Å². The lowest BCUT2D eigenvalue weighted by Crippen LogP contribution is -2.35. The van der Waals surface area contributed by atoms with Crippen molar-refractivity contribution >= 4 is 17.6 Å². The number of aromatic nitrogens is 2. The van der Waals surface area contributed by atoms with Gasteiger partial charge in [-0.05, 0) is 18.2 Å². The number of benzene rings is 1. The van der Waals surface area contributed by atoms with Crippen molar-refractivity contribution in [1.29, 1.82) is 0 Å². The molecule has 0 bridgehead atoms. The smallest absolute Gasteiger partial charge is 0.308 e. The zero-order valence-electron chi connectivity index (χ0n) is 11.6. The molecule has 3 amide bonds. The molecule has 2 N–H and O–H groups in total. The lowest BCUT2D eigenvalue weighted by Gasteiger charge is -2.08. The molecular weight excluding hydrogens is 320 g/mol. The highest BCUT2D eigenvalue weighted by molar-refractivity contribution is 6.08. The second-order valence-corrected chi connectivity index (χ2v) is 4.48. The Morgan fingerprint density at radius 3 is 2.57 bits per heavy atom. The van der Waals surface area contributed by atoms with Gasteiger partial charge in [-0.1, -0.05) is 6.07 Å². The summed E-state index contributed by atoms with van der Waals surface area (Å²) in [6, 6.07) is 3.68. The summed E-state index contributed by atoms with van der Waals surface area (Å²) in [4.78, 5) is 23.4. The Labute approximate surface area is 127 Å². The molecule has 0 fully saturated rings. The van der Waals surface area contributed by atoms with E-state index in [1.54, 1.807) is 5.32 Å². The quantitative estimate of drug-likeness (QED) is 0.831. The Morgan fingerprint density at radius 1 is 1.26 bits per heavy atom. The number of urea groups is 1. The predicted octanol–water partition coefficient (Wildman–Crippen LogP) is 2.54. The Balaban J connectivity index is 2.12. The average molecular weight is 330 g/mol. The van der Waals surface area contributed by atoms with Crippen LogP contribution in [-0.4, -0.2) is 21.7 Å². The van der Waals surface area contributed by atoms with Crippen LogP contribution >= 0.6 is 0 Å². The maximum absolute atomic E-state index is 13.0. The zero-order valence-corrected chi connectivity index (χ0v) is 11.6. The van der Waals surface area contributed by atoms with Gasteiger partial charge in [0, 0.05) is 18.9 Å². The largest absolute Gasteiger partial charge is 0.435 e. The van der Waals surface area contributed by atoms with Crippen LogP contribution < -0.4 is 10.6 Å². The first-order chi connectivity index (χ1) is 10.7. The number of hydrogen-bond donors (Lipinski definition) is 2. The van der Waals surface area contributed by atoms with E-state index in [1.807, 2.05) is 0 Å². The summed E-state index contributed by atoms with van der Waals surface area (Å²) in [5, 5.41) is 7.01. The number of anilines is 1. The first kappa shape index (κ1) is 16.5. The molecule has 0 aliphatic rings. The number of amides is 3. The predicted molar refractivity (Wildman–Crippen MR) is 71.1 cm³/mol. The van der Waals surface area contributed by atoms with Gasteiger partial charge >= 0.3 is 12.2 Å². The molecule has 0 aliphatic heterocycles. The van der Waals surface area contributed by atoms with E-state index < -0.39 is 35.2 Å². The van der Waals surface area contributed by atoms with Gasteiger partial charge in [0.05, 0.1) is 5.56 Å². The minimum Gasteiger partial charge on any atom is -0.308 e. The third-order valence-corrected chi connectivity index (χ3v) is 2.65. The van der Waals surface area contributed by atoms with Gasteiger partial charge in [0.15, 0.2) is 5.69 Å². The second-order valence-electron chi connectivity index (χ2n) is 4.48. The van der Waals surface area contributed by atoms with Crippen LogP contribution in [-0.2, 0) is 13.2 Å². The van der Waals surface area contributed by atoms with Crippen molar-refractivity contribution in [3.05, 3.63) is 47.5 Å². The maximum atomic E-state index is 13.0. The Morgan fingerprint density at radius 2 is 1.96 bits per heavy atom. The van der Waals surface area contributed by atoms with Gasteiger partial charge in [-0.2, -0.15) is 18.3 Å². The van der Waals surface area contributed by atoms with Crippen LogP contribution in [0.15, 0.2) is 30.5 Å². The third-order valence-electron chi connectivity index (χ3n) is 2.65. The number of hydrogen-bond acceptors (Lipinski definition) is 3. The minimum absolute atomic E-state index is 0.0394. The van der Waals surface area contributed by atoms with Crippen LogP contribution in [0, 0.1) is 5.82 Å². The molecule has 6 nitrogen and oxygen atoms in total. The highest BCUT2D eigenvalue weighted by atomic mass is 19.4.